The lowest BCUT2D eigenvalue weighted by Crippen LogP contribution is -2.47. The fraction of sp³-hybridized carbons (Fsp3) is 0.304. The van der Waals surface area contributed by atoms with Gasteiger partial charge in [0.2, 0.25) is 10.8 Å². The third-order valence-electron chi connectivity index (χ3n) is 5.74. The van der Waals surface area contributed by atoms with Gasteiger partial charge in [0.15, 0.2) is 0 Å². The average Bonchev–Trinajstić information content (AvgIpc) is 3.27. The lowest BCUT2D eigenvalue weighted by molar-refractivity contribution is 0.105. The van der Waals surface area contributed by atoms with Crippen LogP contribution in [0, 0.1) is 12.7 Å². The molecule has 8 heteroatoms. The van der Waals surface area contributed by atoms with Crippen molar-refractivity contribution in [3.63, 3.8) is 0 Å². The molecule has 0 bridgehead atoms. The summed E-state index contributed by atoms with van der Waals surface area (Å²) >= 11 is 1.41. The highest BCUT2D eigenvalue weighted by molar-refractivity contribution is 7.17. The highest BCUT2D eigenvalue weighted by Gasteiger charge is 2.31. The molecule has 2 aromatic heterocycles. The molecule has 5 rings (SSSR count). The second-order valence-electron chi connectivity index (χ2n) is 7.90. The van der Waals surface area contributed by atoms with Gasteiger partial charge < -0.3 is 5.11 Å². The monoisotopic (exact) mass is 437 g/mol. The number of halogens is 1. The Kier molecular flexibility index (Phi) is 5.43. The van der Waals surface area contributed by atoms with Crippen molar-refractivity contribution in [2.24, 2.45) is 0 Å². The zero-order valence-corrected chi connectivity index (χ0v) is 18.1. The normalized spacial score (nSPS) is 16.7. The smallest absolute Gasteiger partial charge is 0.230 e. The van der Waals surface area contributed by atoms with Crippen molar-refractivity contribution < 1.29 is 9.50 Å². The fourth-order valence-electron chi connectivity index (χ4n) is 4.25. The van der Waals surface area contributed by atoms with Gasteiger partial charge in [0.25, 0.3) is 0 Å². The molecule has 6 nitrogen and oxygen atoms in total. The van der Waals surface area contributed by atoms with Crippen molar-refractivity contribution in [2.75, 3.05) is 26.2 Å². The van der Waals surface area contributed by atoms with Crippen LogP contribution >= 0.6 is 11.3 Å². The summed E-state index contributed by atoms with van der Waals surface area (Å²) in [5, 5.41) is 15.2. The molecule has 1 aliphatic rings. The van der Waals surface area contributed by atoms with E-state index in [4.69, 9.17) is 0 Å². The summed E-state index contributed by atoms with van der Waals surface area (Å²) in [6, 6.07) is 16.9. The highest BCUT2D eigenvalue weighted by Crippen LogP contribution is 2.40. The Morgan fingerprint density at radius 1 is 1.06 bits per heavy atom. The Balaban J connectivity index is 1.43. The predicted molar refractivity (Wildman–Crippen MR) is 119 cm³/mol. The number of rotatable bonds is 5. The van der Waals surface area contributed by atoms with E-state index in [1.54, 1.807) is 19.1 Å². The molecular formula is C23H24FN5OS. The largest absolute Gasteiger partial charge is 0.492 e. The molecule has 1 aliphatic heterocycles. The van der Waals surface area contributed by atoms with Gasteiger partial charge in [-0.25, -0.2) is 9.37 Å². The Bertz CT molecular complexity index is 1180. The van der Waals surface area contributed by atoms with E-state index in [1.807, 2.05) is 12.1 Å². The van der Waals surface area contributed by atoms with Crippen molar-refractivity contribution in [3.8, 4) is 5.88 Å². The minimum atomic E-state index is -0.278. The SMILES string of the molecule is Cc1nc2sc([C@H](c3cccc(F)c3)N3CCN(Cc4ccccc4)CC3)c(O)n2n1. The van der Waals surface area contributed by atoms with Gasteiger partial charge in [-0.05, 0) is 30.2 Å². The van der Waals surface area contributed by atoms with Crippen LogP contribution in [-0.2, 0) is 6.54 Å². The molecule has 0 saturated carbocycles. The molecule has 0 unspecified atom stereocenters. The minimum Gasteiger partial charge on any atom is -0.492 e. The van der Waals surface area contributed by atoms with E-state index in [-0.39, 0.29) is 17.7 Å². The van der Waals surface area contributed by atoms with Crippen LogP contribution in [0.1, 0.15) is 27.9 Å². The highest BCUT2D eigenvalue weighted by atomic mass is 32.1. The zero-order valence-electron chi connectivity index (χ0n) is 17.3. The van der Waals surface area contributed by atoms with Crippen molar-refractivity contribution in [2.45, 2.75) is 19.5 Å². The molecule has 0 radical (unpaired) electrons. The quantitative estimate of drug-likeness (QED) is 0.514. The average molecular weight is 438 g/mol. The van der Waals surface area contributed by atoms with Crippen molar-refractivity contribution in [1.82, 2.24) is 24.4 Å². The molecule has 1 fully saturated rings. The first-order chi connectivity index (χ1) is 15.1. The lowest BCUT2D eigenvalue weighted by atomic mass is 10.0. The van der Waals surface area contributed by atoms with Crippen LogP contribution in [0.3, 0.4) is 0 Å². The number of hydrogen-bond donors (Lipinski definition) is 1. The molecule has 1 N–H and O–H groups in total. The second-order valence-corrected chi connectivity index (χ2v) is 8.91. The van der Waals surface area contributed by atoms with Crippen molar-refractivity contribution in [1.29, 1.82) is 0 Å². The summed E-state index contributed by atoms with van der Waals surface area (Å²) in [5.41, 5.74) is 2.13. The number of thiazole rings is 1. The first-order valence-electron chi connectivity index (χ1n) is 10.4. The zero-order chi connectivity index (χ0) is 21.4. The number of aromatic nitrogens is 3. The van der Waals surface area contributed by atoms with Crippen LogP contribution < -0.4 is 0 Å². The van der Waals surface area contributed by atoms with Gasteiger partial charge >= 0.3 is 0 Å². The third-order valence-corrected chi connectivity index (χ3v) is 6.81. The van der Waals surface area contributed by atoms with Crippen molar-refractivity contribution in [3.05, 3.63) is 82.2 Å². The van der Waals surface area contributed by atoms with Gasteiger partial charge in [-0.2, -0.15) is 4.52 Å². The lowest BCUT2D eigenvalue weighted by Gasteiger charge is -2.39. The van der Waals surface area contributed by atoms with Crippen molar-refractivity contribution >= 4 is 16.3 Å². The number of benzene rings is 2. The summed E-state index contributed by atoms with van der Waals surface area (Å²) in [7, 11) is 0. The van der Waals surface area contributed by atoms with E-state index in [1.165, 1.54) is 27.5 Å². The molecule has 31 heavy (non-hydrogen) atoms. The number of aryl methyl sites for hydroxylation is 1. The molecule has 2 aromatic carbocycles. The molecule has 0 spiro atoms. The summed E-state index contributed by atoms with van der Waals surface area (Å²) in [6.45, 7) is 6.17. The first-order valence-corrected chi connectivity index (χ1v) is 11.2. The van der Waals surface area contributed by atoms with Crippen LogP contribution in [-0.4, -0.2) is 55.7 Å². The van der Waals surface area contributed by atoms with Crippen LogP contribution in [0.2, 0.25) is 0 Å². The number of hydrogen-bond acceptors (Lipinski definition) is 6. The van der Waals surface area contributed by atoms with E-state index < -0.39 is 0 Å². The Hall–Kier alpha value is -2.81. The Morgan fingerprint density at radius 2 is 1.84 bits per heavy atom. The van der Waals surface area contributed by atoms with Gasteiger partial charge in [0, 0.05) is 32.7 Å². The van der Waals surface area contributed by atoms with Gasteiger partial charge in [0.1, 0.15) is 11.6 Å². The Labute approximate surface area is 184 Å². The molecule has 0 amide bonds. The molecule has 3 heterocycles. The van der Waals surface area contributed by atoms with Crippen LogP contribution in [0.5, 0.6) is 5.88 Å². The molecule has 0 aliphatic carbocycles. The van der Waals surface area contributed by atoms with Gasteiger partial charge in [-0.3, -0.25) is 9.80 Å². The maximum atomic E-state index is 14.1. The van der Waals surface area contributed by atoms with Gasteiger partial charge in [-0.1, -0.05) is 53.8 Å². The second kappa shape index (κ2) is 8.37. The number of fused-ring (bicyclic) bond motifs is 1. The third kappa shape index (κ3) is 4.06. The number of piperazine rings is 1. The first kappa shape index (κ1) is 20.1. The summed E-state index contributed by atoms with van der Waals surface area (Å²) in [4.78, 5) is 10.5. The van der Waals surface area contributed by atoms with Crippen LogP contribution in [0.4, 0.5) is 4.39 Å². The predicted octanol–water partition coefficient (Wildman–Crippen LogP) is 3.85. The molecule has 1 atom stereocenters. The maximum Gasteiger partial charge on any atom is 0.230 e. The molecular weight excluding hydrogens is 413 g/mol. The van der Waals surface area contributed by atoms with Crippen LogP contribution in [0.25, 0.3) is 4.96 Å². The standard InChI is InChI=1S/C23H24FN5OS/c1-16-25-23-29(26-16)22(30)21(31-23)20(18-8-5-9-19(24)14-18)28-12-10-27(11-13-28)15-17-6-3-2-4-7-17/h2-9,14,20,30H,10-13,15H2,1H3/t20-/m0/s1. The summed E-state index contributed by atoms with van der Waals surface area (Å²) in [5.74, 6) is 0.423. The Morgan fingerprint density at radius 3 is 2.55 bits per heavy atom. The van der Waals surface area contributed by atoms with Crippen LogP contribution in [0.15, 0.2) is 54.6 Å². The van der Waals surface area contributed by atoms with Gasteiger partial charge in [0.05, 0.1) is 10.9 Å². The molecule has 1 saturated heterocycles. The van der Waals surface area contributed by atoms with E-state index >= 15 is 0 Å². The topological polar surface area (TPSA) is 56.9 Å². The minimum absolute atomic E-state index is 0.0848. The molecule has 160 valence electrons. The number of aromatic hydroxyl groups is 1. The fourth-order valence-corrected chi connectivity index (χ4v) is 5.41. The molecule has 4 aromatic rings. The summed E-state index contributed by atoms with van der Waals surface area (Å²) in [6.07, 6.45) is 0. The van der Waals surface area contributed by atoms with Gasteiger partial charge in [-0.15, -0.1) is 5.10 Å². The van der Waals surface area contributed by atoms with E-state index in [9.17, 15) is 9.50 Å². The van der Waals surface area contributed by atoms with E-state index in [0.717, 1.165) is 43.2 Å². The van der Waals surface area contributed by atoms with E-state index in [2.05, 4.69) is 44.1 Å². The maximum absolute atomic E-state index is 14.1. The number of nitrogens with zero attached hydrogens (tertiary/aromatic N) is 5. The van der Waals surface area contributed by atoms with E-state index in [0.29, 0.717) is 10.8 Å². The summed E-state index contributed by atoms with van der Waals surface area (Å²) < 4.78 is 15.6.